The van der Waals surface area contributed by atoms with Gasteiger partial charge in [0.1, 0.15) is 13.2 Å². The lowest BCUT2D eigenvalue weighted by atomic mass is 9.64. The molecule has 1 rings (SSSR count). The van der Waals surface area contributed by atoms with Gasteiger partial charge >= 0.3 is 5.97 Å². The number of aliphatic hydroxyl groups is 1. The van der Waals surface area contributed by atoms with Crippen molar-refractivity contribution in [2.45, 2.75) is 32.4 Å². The molecule has 6 heteroatoms. The van der Waals surface area contributed by atoms with Crippen molar-refractivity contribution in [3.05, 3.63) is 0 Å². The summed E-state index contributed by atoms with van der Waals surface area (Å²) in [6.07, 6.45) is 0.121. The van der Waals surface area contributed by atoms with Crippen molar-refractivity contribution >= 4 is 11.9 Å². The smallest absolute Gasteiger partial charge is 0.329 e. The highest BCUT2D eigenvalue weighted by Gasteiger charge is 2.47. The van der Waals surface area contributed by atoms with Gasteiger partial charge in [0.25, 0.3) is 0 Å². The highest BCUT2D eigenvalue weighted by Crippen LogP contribution is 2.40. The number of carboxylic acids is 1. The third-order valence-corrected chi connectivity index (χ3v) is 3.01. The van der Waals surface area contributed by atoms with Crippen LogP contribution in [0, 0.1) is 5.41 Å². The van der Waals surface area contributed by atoms with Crippen LogP contribution < -0.4 is 5.32 Å². The van der Waals surface area contributed by atoms with Gasteiger partial charge in [-0.05, 0) is 6.42 Å². The Labute approximate surface area is 93.6 Å². The van der Waals surface area contributed by atoms with Crippen molar-refractivity contribution in [2.24, 2.45) is 5.41 Å². The molecule has 0 radical (unpaired) electrons. The van der Waals surface area contributed by atoms with E-state index in [0.29, 0.717) is 6.42 Å². The van der Waals surface area contributed by atoms with Crippen molar-refractivity contribution < 1.29 is 24.5 Å². The molecule has 0 aliphatic heterocycles. The molecular formula is C10H17NO5. The quantitative estimate of drug-likeness (QED) is 0.585. The average Bonchev–Trinajstić information content (AvgIpc) is 2.16. The molecule has 2 unspecified atom stereocenters. The van der Waals surface area contributed by atoms with Crippen LogP contribution >= 0.6 is 0 Å². The average molecular weight is 231 g/mol. The van der Waals surface area contributed by atoms with Crippen molar-refractivity contribution in [3.63, 3.8) is 0 Å². The van der Waals surface area contributed by atoms with Gasteiger partial charge in [-0.3, -0.25) is 4.79 Å². The lowest BCUT2D eigenvalue weighted by Gasteiger charge is -2.49. The first-order valence-electron chi connectivity index (χ1n) is 5.11. The molecule has 1 fully saturated rings. The van der Waals surface area contributed by atoms with E-state index in [1.165, 1.54) is 0 Å². The summed E-state index contributed by atoms with van der Waals surface area (Å²) >= 11 is 0. The van der Waals surface area contributed by atoms with Crippen molar-refractivity contribution in [1.29, 1.82) is 0 Å². The Hall–Kier alpha value is -1.14. The summed E-state index contributed by atoms with van der Waals surface area (Å²) in [6, 6.07) is -0.0802. The van der Waals surface area contributed by atoms with Gasteiger partial charge in [0, 0.05) is 11.5 Å². The number of ether oxygens (including phenoxy) is 1. The maximum atomic E-state index is 11.3. The molecule has 0 heterocycles. The second-order valence-electron chi connectivity index (χ2n) is 4.58. The van der Waals surface area contributed by atoms with Gasteiger partial charge < -0.3 is 20.3 Å². The molecule has 2 atom stereocenters. The van der Waals surface area contributed by atoms with Crippen LogP contribution in [0.3, 0.4) is 0 Å². The minimum atomic E-state index is -1.10. The van der Waals surface area contributed by atoms with Gasteiger partial charge in [-0.25, -0.2) is 4.79 Å². The molecule has 0 bridgehead atoms. The summed E-state index contributed by atoms with van der Waals surface area (Å²) < 4.78 is 4.65. The van der Waals surface area contributed by atoms with E-state index in [4.69, 9.17) is 5.11 Å². The maximum Gasteiger partial charge on any atom is 0.329 e. The van der Waals surface area contributed by atoms with Crippen molar-refractivity contribution in [1.82, 2.24) is 5.32 Å². The van der Waals surface area contributed by atoms with Crippen LogP contribution in [0.5, 0.6) is 0 Å². The molecule has 0 saturated heterocycles. The number of hydrogen-bond donors (Lipinski definition) is 3. The van der Waals surface area contributed by atoms with Crippen molar-refractivity contribution in [3.8, 4) is 0 Å². The third kappa shape index (κ3) is 2.93. The second kappa shape index (κ2) is 4.80. The van der Waals surface area contributed by atoms with E-state index in [1.54, 1.807) is 0 Å². The summed E-state index contributed by atoms with van der Waals surface area (Å²) in [5.74, 6) is -1.46. The van der Waals surface area contributed by atoms with E-state index < -0.39 is 18.7 Å². The van der Waals surface area contributed by atoms with Gasteiger partial charge in [-0.2, -0.15) is 0 Å². The Bertz CT molecular complexity index is 289. The minimum absolute atomic E-state index is 0.0802. The van der Waals surface area contributed by atoms with E-state index >= 15 is 0 Å². The van der Waals surface area contributed by atoms with Crippen molar-refractivity contribution in [2.75, 3.05) is 13.2 Å². The summed E-state index contributed by atoms with van der Waals surface area (Å²) in [7, 11) is 0. The summed E-state index contributed by atoms with van der Waals surface area (Å²) in [5.41, 5.74) is -0.331. The molecule has 0 aromatic rings. The molecule has 6 nitrogen and oxygen atoms in total. The summed E-state index contributed by atoms with van der Waals surface area (Å²) in [5, 5.41) is 20.4. The van der Waals surface area contributed by atoms with E-state index in [0.717, 1.165) is 0 Å². The largest absolute Gasteiger partial charge is 0.480 e. The molecule has 0 aromatic carbocycles. The van der Waals surface area contributed by atoms with Crippen LogP contribution in [0.15, 0.2) is 0 Å². The Balaban J connectivity index is 2.23. The number of aliphatic hydroxyl groups excluding tert-OH is 1. The topological polar surface area (TPSA) is 95.9 Å². The Morgan fingerprint density at radius 1 is 1.44 bits per heavy atom. The van der Waals surface area contributed by atoms with E-state index in [1.807, 2.05) is 13.8 Å². The first-order valence-corrected chi connectivity index (χ1v) is 5.11. The van der Waals surface area contributed by atoms with Gasteiger partial charge in [0.15, 0.2) is 0 Å². The van der Waals surface area contributed by atoms with Gasteiger partial charge in [0.05, 0.1) is 6.10 Å². The number of amides is 1. The molecule has 0 aromatic heterocycles. The number of carbonyl (C=O) groups excluding carboxylic acids is 1. The highest BCUT2D eigenvalue weighted by molar-refractivity contribution is 5.78. The number of rotatable bonds is 5. The molecular weight excluding hydrogens is 214 g/mol. The van der Waals surface area contributed by atoms with Crippen LogP contribution in [0.25, 0.3) is 0 Å². The number of carboxylic acid groups (broad SMARTS) is 1. The van der Waals surface area contributed by atoms with E-state index in [-0.39, 0.29) is 24.0 Å². The molecule has 0 spiro atoms. The second-order valence-corrected chi connectivity index (χ2v) is 4.58. The molecule has 92 valence electrons. The first kappa shape index (κ1) is 12.9. The summed E-state index contributed by atoms with van der Waals surface area (Å²) in [6.45, 7) is 2.98. The third-order valence-electron chi connectivity index (χ3n) is 3.01. The Morgan fingerprint density at radius 2 is 2.06 bits per heavy atom. The number of hydrogen-bond acceptors (Lipinski definition) is 4. The monoisotopic (exact) mass is 231 g/mol. The fourth-order valence-electron chi connectivity index (χ4n) is 1.61. The summed E-state index contributed by atoms with van der Waals surface area (Å²) in [4.78, 5) is 21.4. The number of carbonyl (C=O) groups is 2. The Morgan fingerprint density at radius 3 is 2.50 bits per heavy atom. The number of aliphatic carboxylic acids is 1. The minimum Gasteiger partial charge on any atom is -0.480 e. The SMILES string of the molecule is CC1(C)C(O)CC1NC(=O)COCC(=O)O. The predicted octanol–water partition coefficient (Wildman–Crippen LogP) is -0.637. The maximum absolute atomic E-state index is 11.3. The van der Waals surface area contributed by atoms with E-state index in [9.17, 15) is 14.7 Å². The van der Waals surface area contributed by atoms with Crippen LogP contribution in [0.1, 0.15) is 20.3 Å². The lowest BCUT2D eigenvalue weighted by Crippen LogP contribution is -2.61. The lowest BCUT2D eigenvalue weighted by molar-refractivity contribution is -0.144. The predicted molar refractivity (Wildman–Crippen MR) is 54.8 cm³/mol. The fourth-order valence-corrected chi connectivity index (χ4v) is 1.61. The molecule has 1 aliphatic carbocycles. The Kier molecular flexibility index (Phi) is 3.88. The van der Waals surface area contributed by atoms with Crippen LogP contribution in [0.4, 0.5) is 0 Å². The van der Waals surface area contributed by atoms with E-state index in [2.05, 4.69) is 10.1 Å². The molecule has 3 N–H and O–H groups in total. The van der Waals surface area contributed by atoms with Gasteiger partial charge in [-0.1, -0.05) is 13.8 Å². The molecule has 16 heavy (non-hydrogen) atoms. The van der Waals surface area contributed by atoms with Gasteiger partial charge in [0.2, 0.25) is 5.91 Å². The first-order chi connectivity index (χ1) is 7.34. The zero-order chi connectivity index (χ0) is 12.3. The fraction of sp³-hybridized carbons (Fsp3) is 0.800. The highest BCUT2D eigenvalue weighted by atomic mass is 16.5. The molecule has 1 saturated carbocycles. The standard InChI is InChI=1S/C10H17NO5/c1-10(2)6(3-7(10)12)11-8(13)4-16-5-9(14)15/h6-7,12H,3-5H2,1-2H3,(H,11,13)(H,14,15). The molecule has 1 aliphatic rings. The number of nitrogens with one attached hydrogen (secondary N) is 1. The molecule has 1 amide bonds. The van der Waals surface area contributed by atoms with Gasteiger partial charge in [-0.15, -0.1) is 0 Å². The van der Waals surface area contributed by atoms with Crippen LogP contribution in [-0.2, 0) is 14.3 Å². The zero-order valence-corrected chi connectivity index (χ0v) is 9.40. The van der Waals surface area contributed by atoms with Crippen LogP contribution in [-0.4, -0.2) is 47.4 Å². The normalized spacial score (nSPS) is 26.9. The zero-order valence-electron chi connectivity index (χ0n) is 9.40. The van der Waals surface area contributed by atoms with Crippen LogP contribution in [0.2, 0.25) is 0 Å².